The second-order valence-corrected chi connectivity index (χ2v) is 3.81. The first-order valence-corrected chi connectivity index (χ1v) is 5.44. The van der Waals surface area contributed by atoms with Gasteiger partial charge in [0.25, 0.3) is 0 Å². The van der Waals surface area contributed by atoms with Crippen molar-refractivity contribution < 1.29 is 0 Å². The lowest BCUT2D eigenvalue weighted by Crippen LogP contribution is -2.13. The minimum Gasteiger partial charge on any atom is -0.331 e. The van der Waals surface area contributed by atoms with Gasteiger partial charge in [-0.3, -0.25) is 0 Å². The number of aromatic nitrogens is 2. The van der Waals surface area contributed by atoms with Gasteiger partial charge in [0.1, 0.15) is 0 Å². The van der Waals surface area contributed by atoms with Gasteiger partial charge in [-0.15, -0.1) is 0 Å². The summed E-state index contributed by atoms with van der Waals surface area (Å²) in [5.74, 6) is 0. The fourth-order valence-electron chi connectivity index (χ4n) is 1.69. The molecule has 0 amide bonds. The molecule has 0 aliphatic rings. The minimum absolute atomic E-state index is 0.570. The first-order valence-electron chi connectivity index (χ1n) is 5.44. The average Bonchev–Trinajstić information content (AvgIpc) is 2.63. The molecule has 1 aromatic rings. The van der Waals surface area contributed by atoms with Crippen molar-refractivity contribution in [2.24, 2.45) is 0 Å². The Balaban J connectivity index is 2.58. The second kappa shape index (κ2) is 5.81. The summed E-state index contributed by atoms with van der Waals surface area (Å²) in [5, 5.41) is 3.16. The molecule has 3 nitrogen and oxygen atoms in total. The summed E-state index contributed by atoms with van der Waals surface area (Å²) >= 11 is 0. The van der Waals surface area contributed by atoms with Crippen LogP contribution in [0.5, 0.6) is 0 Å². The van der Waals surface area contributed by atoms with Gasteiger partial charge in [-0.2, -0.15) is 0 Å². The summed E-state index contributed by atoms with van der Waals surface area (Å²) in [4.78, 5) is 4.19. The normalized spacial score (nSPS) is 13.1. The van der Waals surface area contributed by atoms with E-state index in [9.17, 15) is 0 Å². The predicted molar refractivity (Wildman–Crippen MR) is 59.2 cm³/mol. The summed E-state index contributed by atoms with van der Waals surface area (Å²) < 4.78 is 2.27. The van der Waals surface area contributed by atoms with E-state index in [4.69, 9.17) is 0 Å². The van der Waals surface area contributed by atoms with Gasteiger partial charge in [0.15, 0.2) is 0 Å². The molecule has 1 rings (SSSR count). The molecule has 0 saturated carbocycles. The van der Waals surface area contributed by atoms with Crippen molar-refractivity contribution in [3.8, 4) is 0 Å². The van der Waals surface area contributed by atoms with E-state index >= 15 is 0 Å². The SMILES string of the molecule is CCCCC(C)n1cncc1CNC. The third-order valence-corrected chi connectivity index (χ3v) is 2.55. The molecule has 1 N–H and O–H groups in total. The van der Waals surface area contributed by atoms with Crippen molar-refractivity contribution >= 4 is 0 Å². The van der Waals surface area contributed by atoms with Gasteiger partial charge in [0.2, 0.25) is 0 Å². The molecule has 0 aliphatic heterocycles. The molecule has 1 heterocycles. The van der Waals surface area contributed by atoms with E-state index in [1.54, 1.807) is 0 Å². The van der Waals surface area contributed by atoms with Gasteiger partial charge >= 0.3 is 0 Å². The maximum atomic E-state index is 4.19. The first-order chi connectivity index (χ1) is 6.79. The van der Waals surface area contributed by atoms with E-state index in [2.05, 4.69) is 28.7 Å². The van der Waals surface area contributed by atoms with E-state index in [0.29, 0.717) is 6.04 Å². The maximum Gasteiger partial charge on any atom is 0.0951 e. The highest BCUT2D eigenvalue weighted by molar-refractivity contribution is 4.99. The predicted octanol–water partition coefficient (Wildman–Crippen LogP) is 2.35. The molecule has 1 aromatic heterocycles. The number of rotatable bonds is 6. The Labute approximate surface area is 86.5 Å². The third-order valence-electron chi connectivity index (χ3n) is 2.55. The zero-order valence-corrected chi connectivity index (χ0v) is 9.45. The molecule has 0 spiro atoms. The van der Waals surface area contributed by atoms with Crippen LogP contribution in [0.4, 0.5) is 0 Å². The summed E-state index contributed by atoms with van der Waals surface area (Å²) in [5.41, 5.74) is 1.27. The third kappa shape index (κ3) is 2.84. The lowest BCUT2D eigenvalue weighted by atomic mass is 10.1. The number of hydrogen-bond acceptors (Lipinski definition) is 2. The Kier molecular flexibility index (Phi) is 4.66. The molecule has 0 radical (unpaired) electrons. The number of hydrogen-bond donors (Lipinski definition) is 1. The van der Waals surface area contributed by atoms with Crippen LogP contribution in [0, 0.1) is 0 Å². The molecule has 0 fully saturated rings. The van der Waals surface area contributed by atoms with Crippen LogP contribution < -0.4 is 5.32 Å². The molecule has 0 bridgehead atoms. The van der Waals surface area contributed by atoms with Crippen LogP contribution in [0.1, 0.15) is 44.8 Å². The van der Waals surface area contributed by atoms with Gasteiger partial charge < -0.3 is 9.88 Å². The van der Waals surface area contributed by atoms with Gasteiger partial charge in [-0.25, -0.2) is 4.98 Å². The van der Waals surface area contributed by atoms with E-state index < -0.39 is 0 Å². The number of imidazole rings is 1. The Morgan fingerprint density at radius 2 is 2.36 bits per heavy atom. The average molecular weight is 195 g/mol. The molecular formula is C11H21N3. The first kappa shape index (κ1) is 11.2. The maximum absolute atomic E-state index is 4.19. The highest BCUT2D eigenvalue weighted by atomic mass is 15.1. The molecule has 3 heteroatoms. The summed E-state index contributed by atoms with van der Waals surface area (Å²) in [7, 11) is 1.97. The van der Waals surface area contributed by atoms with E-state index in [1.807, 2.05) is 19.6 Å². The monoisotopic (exact) mass is 195 g/mol. The fraction of sp³-hybridized carbons (Fsp3) is 0.727. The van der Waals surface area contributed by atoms with Crippen molar-refractivity contribution in [3.05, 3.63) is 18.2 Å². The van der Waals surface area contributed by atoms with Gasteiger partial charge in [0.05, 0.1) is 12.0 Å². The van der Waals surface area contributed by atoms with Crippen LogP contribution >= 0.6 is 0 Å². The van der Waals surface area contributed by atoms with E-state index in [-0.39, 0.29) is 0 Å². The Morgan fingerprint density at radius 3 is 3.00 bits per heavy atom. The molecule has 0 aliphatic carbocycles. The van der Waals surface area contributed by atoms with Crippen molar-refractivity contribution in [1.82, 2.24) is 14.9 Å². The van der Waals surface area contributed by atoms with E-state index in [0.717, 1.165) is 6.54 Å². The van der Waals surface area contributed by atoms with Crippen molar-refractivity contribution in [2.45, 2.75) is 45.7 Å². The van der Waals surface area contributed by atoms with Gasteiger partial charge in [-0.05, 0) is 20.4 Å². The lowest BCUT2D eigenvalue weighted by Gasteiger charge is -2.15. The molecule has 1 atom stereocenters. The standard InChI is InChI=1S/C11H21N3/c1-4-5-6-10(2)14-9-13-8-11(14)7-12-3/h8-10,12H,4-7H2,1-3H3. The number of nitrogens with zero attached hydrogens (tertiary/aromatic N) is 2. The van der Waals surface area contributed by atoms with E-state index in [1.165, 1.54) is 25.0 Å². The Bertz CT molecular complexity index is 255. The summed E-state index contributed by atoms with van der Waals surface area (Å²) in [6.07, 6.45) is 7.67. The zero-order chi connectivity index (χ0) is 10.4. The van der Waals surface area contributed by atoms with Gasteiger partial charge in [0, 0.05) is 18.8 Å². The van der Waals surface area contributed by atoms with Crippen LogP contribution in [0.3, 0.4) is 0 Å². The van der Waals surface area contributed by atoms with Crippen LogP contribution in [-0.2, 0) is 6.54 Å². The van der Waals surface area contributed by atoms with Crippen LogP contribution in [0.2, 0.25) is 0 Å². The van der Waals surface area contributed by atoms with Gasteiger partial charge in [-0.1, -0.05) is 19.8 Å². The van der Waals surface area contributed by atoms with Crippen molar-refractivity contribution in [1.29, 1.82) is 0 Å². The molecule has 1 unspecified atom stereocenters. The smallest absolute Gasteiger partial charge is 0.0951 e. The summed E-state index contributed by atoms with van der Waals surface area (Å²) in [6.45, 7) is 5.39. The molecule has 0 saturated heterocycles. The summed E-state index contributed by atoms with van der Waals surface area (Å²) in [6, 6.07) is 0.570. The molecule has 80 valence electrons. The zero-order valence-electron chi connectivity index (χ0n) is 9.45. The molecule has 0 aromatic carbocycles. The molecular weight excluding hydrogens is 174 g/mol. The highest BCUT2D eigenvalue weighted by Crippen LogP contribution is 2.16. The quantitative estimate of drug-likeness (QED) is 0.755. The van der Waals surface area contributed by atoms with Crippen molar-refractivity contribution in [3.63, 3.8) is 0 Å². The largest absolute Gasteiger partial charge is 0.331 e. The topological polar surface area (TPSA) is 29.9 Å². The highest BCUT2D eigenvalue weighted by Gasteiger charge is 2.07. The van der Waals surface area contributed by atoms with Crippen LogP contribution in [0.25, 0.3) is 0 Å². The Hall–Kier alpha value is -0.830. The number of unbranched alkanes of at least 4 members (excludes halogenated alkanes) is 1. The lowest BCUT2D eigenvalue weighted by molar-refractivity contribution is 0.468. The Morgan fingerprint density at radius 1 is 1.57 bits per heavy atom. The van der Waals surface area contributed by atoms with Crippen LogP contribution in [-0.4, -0.2) is 16.6 Å². The van der Waals surface area contributed by atoms with Crippen LogP contribution in [0.15, 0.2) is 12.5 Å². The number of nitrogens with one attached hydrogen (secondary N) is 1. The molecule has 14 heavy (non-hydrogen) atoms. The van der Waals surface area contributed by atoms with Crippen molar-refractivity contribution in [2.75, 3.05) is 7.05 Å². The fourth-order valence-corrected chi connectivity index (χ4v) is 1.69. The second-order valence-electron chi connectivity index (χ2n) is 3.81. The minimum atomic E-state index is 0.570.